The van der Waals surface area contributed by atoms with E-state index in [1.165, 1.54) is 7.11 Å². The molecule has 2 saturated heterocycles. The molecule has 5 unspecified atom stereocenters. The van der Waals surface area contributed by atoms with Crippen molar-refractivity contribution in [2.45, 2.75) is 24.7 Å². The van der Waals surface area contributed by atoms with Crippen LogP contribution in [-0.4, -0.2) is 73.1 Å². The van der Waals surface area contributed by atoms with Gasteiger partial charge in [-0.15, -0.1) is 0 Å². The van der Waals surface area contributed by atoms with Gasteiger partial charge in [0.05, 0.1) is 35.0 Å². The number of benzene rings is 1. The van der Waals surface area contributed by atoms with Gasteiger partial charge in [-0.1, -0.05) is 0 Å². The zero-order chi connectivity index (χ0) is 23.1. The molecule has 5 atom stereocenters. The van der Waals surface area contributed by atoms with Crippen LogP contribution in [0.2, 0.25) is 0 Å². The number of hydrogen-bond donors (Lipinski definition) is 2. The molecule has 4 heterocycles. The summed E-state index contributed by atoms with van der Waals surface area (Å²) in [5.41, 5.74) is 5.38. The van der Waals surface area contributed by atoms with Crippen LogP contribution in [0.15, 0.2) is 34.5 Å². The van der Waals surface area contributed by atoms with Crippen molar-refractivity contribution < 1.29 is 33.3 Å². The van der Waals surface area contributed by atoms with Gasteiger partial charge in [-0.2, -0.15) is 0 Å². The lowest BCUT2D eigenvalue weighted by Crippen LogP contribution is -2.55. The fourth-order valence-corrected chi connectivity index (χ4v) is 5.62. The van der Waals surface area contributed by atoms with Crippen LogP contribution in [0.3, 0.4) is 0 Å². The summed E-state index contributed by atoms with van der Waals surface area (Å²) in [6.07, 6.45) is -0.961. The van der Waals surface area contributed by atoms with Crippen LogP contribution in [0, 0.1) is 11.8 Å². The molecule has 0 aromatic heterocycles. The van der Waals surface area contributed by atoms with Crippen molar-refractivity contribution >= 4 is 29.1 Å². The number of carbonyl (C=O) groups excluding carboxylic acids is 3. The lowest BCUT2D eigenvalue weighted by atomic mass is 9.78. The van der Waals surface area contributed by atoms with Gasteiger partial charge in [-0.25, -0.2) is 9.79 Å². The average Bonchev–Trinajstić information content (AvgIpc) is 3.17. The summed E-state index contributed by atoms with van der Waals surface area (Å²) in [5.74, 6) is -0.906. The van der Waals surface area contributed by atoms with E-state index >= 15 is 0 Å². The summed E-state index contributed by atoms with van der Waals surface area (Å²) in [4.78, 5) is 45.2. The van der Waals surface area contributed by atoms with Gasteiger partial charge in [0.1, 0.15) is 6.61 Å². The number of piperazine rings is 1. The fraction of sp³-hybridized carbons (Fsp3) is 0.455. The van der Waals surface area contributed by atoms with Crippen LogP contribution in [0.25, 0.3) is 0 Å². The SMILES string of the molecule is COC12C(COC(N)=O)C3=C(C(=O)C(C)C(=Nc4ccc5c(c4)OCO5)C3=O)N1CC1NC12. The van der Waals surface area contributed by atoms with Crippen molar-refractivity contribution in [3.8, 4) is 11.5 Å². The number of carbonyl (C=O) groups is 3. The first kappa shape index (κ1) is 20.2. The Kier molecular flexibility index (Phi) is 4.15. The van der Waals surface area contributed by atoms with Gasteiger partial charge in [0, 0.05) is 31.3 Å². The molecule has 172 valence electrons. The highest BCUT2D eigenvalue weighted by Crippen LogP contribution is 2.55. The molecule has 11 nitrogen and oxygen atoms in total. The molecule has 0 spiro atoms. The van der Waals surface area contributed by atoms with Gasteiger partial charge >= 0.3 is 6.09 Å². The minimum Gasteiger partial charge on any atom is -0.454 e. The molecular weight excluding hydrogens is 432 g/mol. The standard InChI is InChI=1S/C22H22N4O7/c1-9-16(24-10-3-4-13-14(5-10)33-8-32-13)19(28)15-11(7-31-21(23)29)22(30-2)20-12(25-20)6-26(22)17(15)18(9)27/h3-5,9,11-12,20,25H,6-8H2,1-2H3,(H2,23,29). The zero-order valence-electron chi connectivity index (χ0n) is 18.0. The van der Waals surface area contributed by atoms with Crippen LogP contribution < -0.4 is 20.5 Å². The highest BCUT2D eigenvalue weighted by Gasteiger charge is 2.73. The summed E-state index contributed by atoms with van der Waals surface area (Å²) in [6.45, 7) is 2.12. The van der Waals surface area contributed by atoms with Crippen LogP contribution in [0.1, 0.15) is 6.92 Å². The first-order valence-corrected chi connectivity index (χ1v) is 10.7. The van der Waals surface area contributed by atoms with Gasteiger partial charge < -0.3 is 34.9 Å². The highest BCUT2D eigenvalue weighted by atomic mass is 16.7. The molecule has 3 N–H and O–H groups in total. The van der Waals surface area contributed by atoms with E-state index in [-0.39, 0.29) is 48.3 Å². The maximum absolute atomic E-state index is 13.8. The second kappa shape index (κ2) is 6.78. The van der Waals surface area contributed by atoms with Crippen molar-refractivity contribution in [1.29, 1.82) is 0 Å². The molecule has 1 aromatic rings. The third-order valence-corrected chi connectivity index (χ3v) is 7.15. The molecular formula is C22H22N4O7. The molecule has 1 aromatic carbocycles. The highest BCUT2D eigenvalue weighted by molar-refractivity contribution is 6.53. The van der Waals surface area contributed by atoms with Gasteiger partial charge in [-0.3, -0.25) is 9.59 Å². The van der Waals surface area contributed by atoms with Gasteiger partial charge in [0.15, 0.2) is 23.0 Å². The number of nitrogens with two attached hydrogens (primary N) is 1. The molecule has 2 fully saturated rings. The van der Waals surface area contributed by atoms with E-state index in [1.807, 2.05) is 4.90 Å². The predicted molar refractivity (Wildman–Crippen MR) is 112 cm³/mol. The lowest BCUT2D eigenvalue weighted by Gasteiger charge is -2.39. The van der Waals surface area contributed by atoms with Crippen LogP contribution in [-0.2, 0) is 19.1 Å². The minimum absolute atomic E-state index is 0.0975. The number of aliphatic imine (C=N–C) groups is 1. The van der Waals surface area contributed by atoms with Crippen molar-refractivity contribution in [3.05, 3.63) is 29.5 Å². The number of ketones is 2. The Morgan fingerprint density at radius 2 is 2.12 bits per heavy atom. The van der Waals surface area contributed by atoms with Crippen molar-refractivity contribution in [3.63, 3.8) is 0 Å². The molecule has 1 amide bonds. The summed E-state index contributed by atoms with van der Waals surface area (Å²) >= 11 is 0. The monoisotopic (exact) mass is 454 g/mol. The second-order valence-corrected chi connectivity index (χ2v) is 8.71. The summed E-state index contributed by atoms with van der Waals surface area (Å²) in [7, 11) is 1.53. The van der Waals surface area contributed by atoms with Gasteiger partial charge in [-0.05, 0) is 19.1 Å². The topological polar surface area (TPSA) is 152 Å². The number of primary amides is 1. The normalized spacial score (nSPS) is 34.5. The first-order chi connectivity index (χ1) is 15.9. The number of rotatable bonds is 4. The summed E-state index contributed by atoms with van der Waals surface area (Å²) in [5, 5.41) is 3.33. The number of ether oxygens (including phenoxy) is 4. The predicted octanol–water partition coefficient (Wildman–Crippen LogP) is 0.254. The number of nitrogens with zero attached hydrogens (tertiary/aromatic N) is 2. The maximum atomic E-state index is 13.8. The smallest absolute Gasteiger partial charge is 0.404 e. The Labute approximate surface area is 188 Å². The third-order valence-electron chi connectivity index (χ3n) is 7.15. The van der Waals surface area contributed by atoms with E-state index in [0.29, 0.717) is 29.4 Å². The molecule has 4 aliphatic heterocycles. The molecule has 6 rings (SSSR count). The molecule has 0 saturated carbocycles. The summed E-state index contributed by atoms with van der Waals surface area (Å²) in [6, 6.07) is 5.11. The molecule has 0 bridgehead atoms. The van der Waals surface area contributed by atoms with E-state index in [4.69, 9.17) is 24.7 Å². The number of nitrogens with one attached hydrogen (secondary N) is 1. The van der Waals surface area contributed by atoms with Gasteiger partial charge in [0.2, 0.25) is 12.6 Å². The number of amides is 1. The lowest BCUT2D eigenvalue weighted by molar-refractivity contribution is -0.138. The molecule has 33 heavy (non-hydrogen) atoms. The first-order valence-electron chi connectivity index (χ1n) is 10.7. The van der Waals surface area contributed by atoms with E-state index in [1.54, 1.807) is 25.1 Å². The van der Waals surface area contributed by atoms with E-state index in [0.717, 1.165) is 0 Å². The summed E-state index contributed by atoms with van der Waals surface area (Å²) < 4.78 is 21.8. The van der Waals surface area contributed by atoms with Crippen LogP contribution in [0.4, 0.5) is 10.5 Å². The number of allylic oxidation sites excluding steroid dienone is 1. The fourth-order valence-electron chi connectivity index (χ4n) is 5.62. The van der Waals surface area contributed by atoms with E-state index < -0.39 is 23.7 Å². The average molecular weight is 454 g/mol. The van der Waals surface area contributed by atoms with Crippen molar-refractivity contribution in [2.75, 3.05) is 27.1 Å². The molecule has 0 radical (unpaired) electrons. The van der Waals surface area contributed by atoms with Crippen LogP contribution in [0.5, 0.6) is 11.5 Å². The minimum atomic E-state index is -1.01. The number of hydrogen-bond acceptors (Lipinski definition) is 10. The number of Topliss-reactive ketones (excluding diaryl/α,β-unsaturated/α-hetero) is 2. The Morgan fingerprint density at radius 3 is 2.88 bits per heavy atom. The number of fused-ring (bicyclic) bond motifs is 5. The molecule has 1 aliphatic carbocycles. The Hall–Kier alpha value is -3.44. The maximum Gasteiger partial charge on any atom is 0.404 e. The second-order valence-electron chi connectivity index (χ2n) is 8.71. The van der Waals surface area contributed by atoms with E-state index in [2.05, 4.69) is 10.3 Å². The quantitative estimate of drug-likeness (QED) is 0.610. The van der Waals surface area contributed by atoms with Gasteiger partial charge in [0.25, 0.3) is 0 Å². The molecule has 11 heteroatoms. The van der Waals surface area contributed by atoms with Crippen molar-refractivity contribution in [1.82, 2.24) is 10.2 Å². The van der Waals surface area contributed by atoms with Crippen LogP contribution >= 0.6 is 0 Å². The number of methoxy groups -OCH3 is 1. The Bertz CT molecular complexity index is 1180. The Morgan fingerprint density at radius 1 is 1.33 bits per heavy atom. The largest absolute Gasteiger partial charge is 0.454 e. The zero-order valence-corrected chi connectivity index (χ0v) is 18.0. The van der Waals surface area contributed by atoms with Crippen molar-refractivity contribution in [2.24, 2.45) is 22.6 Å². The third kappa shape index (κ3) is 2.63. The van der Waals surface area contributed by atoms with E-state index in [9.17, 15) is 14.4 Å². The molecule has 5 aliphatic rings. The Balaban J connectivity index is 1.44.